The number of nitrogens with zero attached hydrogens (tertiary/aromatic N) is 1. The molecule has 2 heteroatoms. The molecule has 2 rings (SSSR count). The Kier molecular flexibility index (Phi) is 6.69. The standard InChI is InChI=1S/C19H27NO/c1-2-3-4-5-6-16-7-9-17(10-8-16)18-11-13-19(14-12-18)20-15-21/h11-14,16-17H,2-10H2,1H3. The third kappa shape index (κ3) is 5.13. The molecule has 1 aliphatic carbocycles. The lowest BCUT2D eigenvalue weighted by Crippen LogP contribution is -2.13. The predicted octanol–water partition coefficient (Wildman–Crippen LogP) is 5.90. The van der Waals surface area contributed by atoms with Crippen LogP contribution in [0.4, 0.5) is 5.69 Å². The molecule has 21 heavy (non-hydrogen) atoms. The Balaban J connectivity index is 1.76. The van der Waals surface area contributed by atoms with Gasteiger partial charge < -0.3 is 0 Å². The lowest BCUT2D eigenvalue weighted by molar-refractivity contribution is 0.302. The molecule has 1 fully saturated rings. The average Bonchev–Trinajstić information content (AvgIpc) is 2.53. The Hall–Kier alpha value is -1.40. The maximum Gasteiger partial charge on any atom is 0.240 e. The summed E-state index contributed by atoms with van der Waals surface area (Å²) in [7, 11) is 0. The van der Waals surface area contributed by atoms with Crippen LogP contribution in [0.1, 0.15) is 76.2 Å². The fraction of sp³-hybridized carbons (Fsp3) is 0.632. The van der Waals surface area contributed by atoms with Crippen LogP contribution in [0.2, 0.25) is 0 Å². The molecule has 2 nitrogen and oxygen atoms in total. The number of benzene rings is 1. The number of isocyanates is 1. The van der Waals surface area contributed by atoms with Crippen molar-refractivity contribution in [1.29, 1.82) is 0 Å². The second kappa shape index (κ2) is 8.79. The van der Waals surface area contributed by atoms with Gasteiger partial charge in [-0.2, -0.15) is 4.99 Å². The summed E-state index contributed by atoms with van der Waals surface area (Å²) in [6, 6.07) is 8.11. The molecule has 0 N–H and O–H groups in total. The largest absolute Gasteiger partial charge is 0.240 e. The van der Waals surface area contributed by atoms with Crippen molar-refractivity contribution in [2.24, 2.45) is 10.9 Å². The first-order valence-corrected chi connectivity index (χ1v) is 8.51. The van der Waals surface area contributed by atoms with Gasteiger partial charge in [-0.1, -0.05) is 51.2 Å². The topological polar surface area (TPSA) is 29.4 Å². The van der Waals surface area contributed by atoms with Gasteiger partial charge in [-0.3, -0.25) is 0 Å². The Labute approximate surface area is 128 Å². The summed E-state index contributed by atoms with van der Waals surface area (Å²) < 4.78 is 0. The Morgan fingerprint density at radius 2 is 1.76 bits per heavy atom. The van der Waals surface area contributed by atoms with Crippen molar-refractivity contribution in [2.75, 3.05) is 0 Å². The predicted molar refractivity (Wildman–Crippen MR) is 87.7 cm³/mol. The Morgan fingerprint density at radius 3 is 2.38 bits per heavy atom. The van der Waals surface area contributed by atoms with Gasteiger partial charge in [0, 0.05) is 0 Å². The quantitative estimate of drug-likeness (QED) is 0.348. The highest BCUT2D eigenvalue weighted by atomic mass is 16.1. The number of aliphatic imine (C=N–C) groups is 1. The molecule has 0 unspecified atom stereocenters. The monoisotopic (exact) mass is 285 g/mol. The Bertz CT molecular complexity index is 451. The lowest BCUT2D eigenvalue weighted by Gasteiger charge is -2.29. The van der Waals surface area contributed by atoms with E-state index in [0.29, 0.717) is 11.6 Å². The van der Waals surface area contributed by atoms with Crippen molar-refractivity contribution in [1.82, 2.24) is 0 Å². The van der Waals surface area contributed by atoms with E-state index in [1.54, 1.807) is 6.08 Å². The van der Waals surface area contributed by atoms with Crippen molar-refractivity contribution in [2.45, 2.75) is 70.6 Å². The normalized spacial score (nSPS) is 21.8. The molecule has 114 valence electrons. The summed E-state index contributed by atoms with van der Waals surface area (Å²) >= 11 is 0. The summed E-state index contributed by atoms with van der Waals surface area (Å²) in [6.07, 6.45) is 14.0. The van der Waals surface area contributed by atoms with E-state index in [-0.39, 0.29) is 0 Å². The molecule has 0 radical (unpaired) electrons. The van der Waals surface area contributed by atoms with E-state index in [1.165, 1.54) is 63.4 Å². The number of hydrogen-bond donors (Lipinski definition) is 0. The first-order chi connectivity index (χ1) is 10.3. The number of hydrogen-bond acceptors (Lipinski definition) is 2. The van der Waals surface area contributed by atoms with Gasteiger partial charge in [-0.25, -0.2) is 4.79 Å². The Morgan fingerprint density at radius 1 is 1.05 bits per heavy atom. The van der Waals surface area contributed by atoms with E-state index in [9.17, 15) is 4.79 Å². The fourth-order valence-corrected chi connectivity index (χ4v) is 3.52. The summed E-state index contributed by atoms with van der Waals surface area (Å²) in [5.74, 6) is 1.66. The lowest BCUT2D eigenvalue weighted by atomic mass is 9.77. The molecule has 0 saturated heterocycles. The molecule has 1 aromatic rings. The van der Waals surface area contributed by atoms with Crippen LogP contribution in [0, 0.1) is 5.92 Å². The van der Waals surface area contributed by atoms with Gasteiger partial charge in [-0.05, 0) is 55.2 Å². The van der Waals surface area contributed by atoms with Gasteiger partial charge in [0.05, 0.1) is 5.69 Å². The van der Waals surface area contributed by atoms with E-state index in [0.717, 1.165) is 5.92 Å². The van der Waals surface area contributed by atoms with Crippen LogP contribution < -0.4 is 0 Å². The molecule has 0 bridgehead atoms. The van der Waals surface area contributed by atoms with Gasteiger partial charge in [0.15, 0.2) is 0 Å². The van der Waals surface area contributed by atoms with Gasteiger partial charge in [0.1, 0.15) is 0 Å². The van der Waals surface area contributed by atoms with Crippen molar-refractivity contribution < 1.29 is 4.79 Å². The van der Waals surface area contributed by atoms with Crippen LogP contribution >= 0.6 is 0 Å². The molecule has 0 amide bonds. The molecule has 0 spiro atoms. The number of carbonyl (C=O) groups excluding carboxylic acids is 1. The van der Waals surface area contributed by atoms with Crippen LogP contribution in [-0.4, -0.2) is 6.08 Å². The smallest absolute Gasteiger partial charge is 0.211 e. The summed E-state index contributed by atoms with van der Waals surface area (Å²) in [4.78, 5) is 13.9. The first kappa shape index (κ1) is 16.0. The molecule has 1 aliphatic rings. The second-order valence-corrected chi connectivity index (χ2v) is 6.36. The van der Waals surface area contributed by atoms with E-state index in [2.05, 4.69) is 24.0 Å². The van der Waals surface area contributed by atoms with Gasteiger partial charge in [0.2, 0.25) is 6.08 Å². The van der Waals surface area contributed by atoms with Crippen molar-refractivity contribution in [3.8, 4) is 0 Å². The van der Waals surface area contributed by atoms with Gasteiger partial charge >= 0.3 is 0 Å². The maximum atomic E-state index is 10.2. The third-order valence-corrected chi connectivity index (χ3v) is 4.85. The molecular weight excluding hydrogens is 258 g/mol. The average molecular weight is 285 g/mol. The SMILES string of the molecule is CCCCCCC1CCC(c2ccc(N=C=O)cc2)CC1. The molecule has 0 heterocycles. The van der Waals surface area contributed by atoms with Crippen LogP contribution in [0.5, 0.6) is 0 Å². The molecule has 0 aliphatic heterocycles. The zero-order valence-corrected chi connectivity index (χ0v) is 13.2. The van der Waals surface area contributed by atoms with Gasteiger partial charge in [0.25, 0.3) is 0 Å². The number of rotatable bonds is 7. The van der Waals surface area contributed by atoms with Crippen molar-refractivity contribution in [3.63, 3.8) is 0 Å². The molecule has 1 saturated carbocycles. The van der Waals surface area contributed by atoms with Gasteiger partial charge in [-0.15, -0.1) is 0 Å². The van der Waals surface area contributed by atoms with Crippen LogP contribution in [0.15, 0.2) is 29.3 Å². The minimum Gasteiger partial charge on any atom is -0.211 e. The van der Waals surface area contributed by atoms with Crippen LogP contribution in [-0.2, 0) is 4.79 Å². The highest BCUT2D eigenvalue weighted by Gasteiger charge is 2.21. The summed E-state index contributed by atoms with van der Waals surface area (Å²) in [5, 5.41) is 0. The zero-order chi connectivity index (χ0) is 14.9. The van der Waals surface area contributed by atoms with E-state index in [4.69, 9.17) is 0 Å². The molecule has 1 aromatic carbocycles. The fourth-order valence-electron chi connectivity index (χ4n) is 3.52. The number of unbranched alkanes of at least 4 members (excludes halogenated alkanes) is 3. The van der Waals surface area contributed by atoms with Crippen LogP contribution in [0.3, 0.4) is 0 Å². The van der Waals surface area contributed by atoms with E-state index in [1.807, 2.05) is 12.1 Å². The summed E-state index contributed by atoms with van der Waals surface area (Å²) in [5.41, 5.74) is 2.11. The molecule has 0 atom stereocenters. The summed E-state index contributed by atoms with van der Waals surface area (Å²) in [6.45, 7) is 2.27. The van der Waals surface area contributed by atoms with E-state index >= 15 is 0 Å². The highest BCUT2D eigenvalue weighted by Crippen LogP contribution is 2.38. The van der Waals surface area contributed by atoms with E-state index < -0.39 is 0 Å². The van der Waals surface area contributed by atoms with Crippen molar-refractivity contribution in [3.05, 3.63) is 29.8 Å². The van der Waals surface area contributed by atoms with Crippen LogP contribution in [0.25, 0.3) is 0 Å². The third-order valence-electron chi connectivity index (χ3n) is 4.85. The second-order valence-electron chi connectivity index (χ2n) is 6.36. The minimum absolute atomic E-state index is 0.700. The minimum atomic E-state index is 0.700. The highest BCUT2D eigenvalue weighted by molar-refractivity contribution is 5.49. The van der Waals surface area contributed by atoms with Crippen molar-refractivity contribution >= 4 is 11.8 Å². The molecular formula is C19H27NO. The molecule has 0 aromatic heterocycles. The first-order valence-electron chi connectivity index (χ1n) is 8.51. The maximum absolute atomic E-state index is 10.2. The zero-order valence-electron chi connectivity index (χ0n) is 13.2.